The Morgan fingerprint density at radius 3 is 2.47 bits per heavy atom. The van der Waals surface area contributed by atoms with Crippen LogP contribution in [0.15, 0.2) is 0 Å². The van der Waals surface area contributed by atoms with Crippen LogP contribution in [0.1, 0.15) is 13.8 Å². The summed E-state index contributed by atoms with van der Waals surface area (Å²) in [5.41, 5.74) is -0.724. The van der Waals surface area contributed by atoms with Crippen molar-refractivity contribution in [1.82, 2.24) is 20.0 Å². The number of hydrogen-bond acceptors (Lipinski definition) is 4. The van der Waals surface area contributed by atoms with E-state index in [1.807, 2.05) is 13.8 Å². The Labute approximate surface area is 114 Å². The molecule has 2 fully saturated rings. The third-order valence-electron chi connectivity index (χ3n) is 4.07. The number of likely N-dealkylation sites (N-methyl/N-ethyl adjacent to an activating group) is 1. The molecule has 2 aliphatic heterocycles. The van der Waals surface area contributed by atoms with Crippen LogP contribution in [0.2, 0.25) is 0 Å². The summed E-state index contributed by atoms with van der Waals surface area (Å²) in [4.78, 5) is 30.2. The SMILES string of the molecule is CN1CCN(C(=O)CN2CCNCC2)C(C)(C)C1=O. The van der Waals surface area contributed by atoms with Crippen molar-refractivity contribution in [3.8, 4) is 0 Å². The Morgan fingerprint density at radius 1 is 1.21 bits per heavy atom. The second-order valence-corrected chi connectivity index (χ2v) is 5.86. The van der Waals surface area contributed by atoms with Gasteiger partial charge in [-0.2, -0.15) is 0 Å². The fourth-order valence-electron chi connectivity index (χ4n) is 2.80. The average molecular weight is 268 g/mol. The van der Waals surface area contributed by atoms with Gasteiger partial charge < -0.3 is 15.1 Å². The van der Waals surface area contributed by atoms with Crippen LogP contribution in [0.4, 0.5) is 0 Å². The van der Waals surface area contributed by atoms with Crippen LogP contribution in [0.5, 0.6) is 0 Å². The molecule has 0 aliphatic carbocycles. The molecule has 1 N–H and O–H groups in total. The molecule has 2 aliphatic rings. The maximum Gasteiger partial charge on any atom is 0.247 e. The minimum atomic E-state index is -0.724. The van der Waals surface area contributed by atoms with Gasteiger partial charge in [-0.15, -0.1) is 0 Å². The molecule has 0 aromatic carbocycles. The van der Waals surface area contributed by atoms with Gasteiger partial charge in [0.05, 0.1) is 6.54 Å². The van der Waals surface area contributed by atoms with E-state index in [4.69, 9.17) is 0 Å². The van der Waals surface area contributed by atoms with Crippen LogP contribution in [0.25, 0.3) is 0 Å². The normalized spacial score (nSPS) is 24.7. The summed E-state index contributed by atoms with van der Waals surface area (Å²) in [6.45, 7) is 8.98. The Hall–Kier alpha value is -1.14. The molecule has 2 heterocycles. The maximum absolute atomic E-state index is 12.4. The molecule has 0 spiro atoms. The third kappa shape index (κ3) is 2.90. The van der Waals surface area contributed by atoms with Crippen LogP contribution in [0.3, 0.4) is 0 Å². The fourth-order valence-corrected chi connectivity index (χ4v) is 2.80. The second kappa shape index (κ2) is 5.46. The summed E-state index contributed by atoms with van der Waals surface area (Å²) in [6.07, 6.45) is 0. The molecule has 0 saturated carbocycles. The highest BCUT2D eigenvalue weighted by Gasteiger charge is 2.42. The maximum atomic E-state index is 12.4. The van der Waals surface area contributed by atoms with E-state index >= 15 is 0 Å². The number of hydrogen-bond donors (Lipinski definition) is 1. The van der Waals surface area contributed by atoms with Crippen LogP contribution in [0, 0.1) is 0 Å². The zero-order valence-corrected chi connectivity index (χ0v) is 12.1. The van der Waals surface area contributed by atoms with Gasteiger partial charge in [-0.05, 0) is 13.8 Å². The molecule has 0 unspecified atom stereocenters. The van der Waals surface area contributed by atoms with E-state index < -0.39 is 5.54 Å². The van der Waals surface area contributed by atoms with Gasteiger partial charge in [-0.1, -0.05) is 0 Å². The second-order valence-electron chi connectivity index (χ2n) is 5.86. The van der Waals surface area contributed by atoms with Gasteiger partial charge in [-0.3, -0.25) is 14.5 Å². The molecule has 19 heavy (non-hydrogen) atoms. The van der Waals surface area contributed by atoms with Crippen molar-refractivity contribution in [3.63, 3.8) is 0 Å². The van der Waals surface area contributed by atoms with Crippen LogP contribution in [-0.4, -0.2) is 84.9 Å². The van der Waals surface area contributed by atoms with E-state index in [2.05, 4.69) is 10.2 Å². The monoisotopic (exact) mass is 268 g/mol. The number of nitrogens with zero attached hydrogens (tertiary/aromatic N) is 3. The van der Waals surface area contributed by atoms with Gasteiger partial charge in [0.1, 0.15) is 5.54 Å². The van der Waals surface area contributed by atoms with Crippen molar-refractivity contribution in [2.24, 2.45) is 0 Å². The van der Waals surface area contributed by atoms with E-state index in [0.717, 1.165) is 26.2 Å². The number of piperazine rings is 2. The van der Waals surface area contributed by atoms with Crippen molar-refractivity contribution in [2.45, 2.75) is 19.4 Å². The van der Waals surface area contributed by atoms with Crippen molar-refractivity contribution in [2.75, 3.05) is 52.9 Å². The van der Waals surface area contributed by atoms with Crippen molar-refractivity contribution < 1.29 is 9.59 Å². The number of amides is 2. The van der Waals surface area contributed by atoms with Gasteiger partial charge >= 0.3 is 0 Å². The van der Waals surface area contributed by atoms with Crippen molar-refractivity contribution >= 4 is 11.8 Å². The zero-order valence-electron chi connectivity index (χ0n) is 12.1. The predicted molar refractivity (Wildman–Crippen MR) is 72.7 cm³/mol. The van der Waals surface area contributed by atoms with Gasteiger partial charge in [0, 0.05) is 46.3 Å². The summed E-state index contributed by atoms with van der Waals surface area (Å²) in [5.74, 6) is 0.0840. The quantitative estimate of drug-likeness (QED) is 0.696. The predicted octanol–water partition coefficient (Wildman–Crippen LogP) is -1.03. The molecule has 108 valence electrons. The molecule has 0 atom stereocenters. The van der Waals surface area contributed by atoms with Crippen molar-refractivity contribution in [3.05, 3.63) is 0 Å². The molecule has 2 saturated heterocycles. The Morgan fingerprint density at radius 2 is 1.84 bits per heavy atom. The highest BCUT2D eigenvalue weighted by Crippen LogP contribution is 2.21. The number of nitrogens with one attached hydrogen (secondary N) is 1. The lowest BCUT2D eigenvalue weighted by atomic mass is 9.97. The molecule has 2 amide bonds. The standard InChI is InChI=1S/C13H24N4O2/c1-13(2)12(19)15(3)8-9-17(13)11(18)10-16-6-4-14-5-7-16/h14H,4-10H2,1-3H3. The van der Waals surface area contributed by atoms with E-state index in [-0.39, 0.29) is 11.8 Å². The van der Waals surface area contributed by atoms with Crippen LogP contribution in [-0.2, 0) is 9.59 Å². The lowest BCUT2D eigenvalue weighted by molar-refractivity contribution is -0.157. The first-order valence-corrected chi connectivity index (χ1v) is 6.92. The average Bonchev–Trinajstić information content (AvgIpc) is 2.37. The molecule has 0 bridgehead atoms. The Balaban J connectivity index is 1.99. The zero-order chi connectivity index (χ0) is 14.0. The largest absolute Gasteiger partial charge is 0.342 e. The Kier molecular flexibility index (Phi) is 4.10. The van der Waals surface area contributed by atoms with Gasteiger partial charge in [0.15, 0.2) is 0 Å². The minimum absolute atomic E-state index is 0.0208. The summed E-state index contributed by atoms with van der Waals surface area (Å²) >= 11 is 0. The van der Waals surface area contributed by atoms with Crippen LogP contribution >= 0.6 is 0 Å². The van der Waals surface area contributed by atoms with Crippen LogP contribution < -0.4 is 5.32 Å². The highest BCUT2D eigenvalue weighted by atomic mass is 16.2. The van der Waals surface area contributed by atoms with Gasteiger partial charge in [0.25, 0.3) is 0 Å². The summed E-state index contributed by atoms with van der Waals surface area (Å²) in [7, 11) is 1.79. The van der Waals surface area contributed by atoms with Gasteiger partial charge in [0.2, 0.25) is 11.8 Å². The molecule has 2 rings (SSSR count). The first kappa shape index (κ1) is 14.3. The van der Waals surface area contributed by atoms with Crippen molar-refractivity contribution in [1.29, 1.82) is 0 Å². The number of rotatable bonds is 2. The molecular formula is C13H24N4O2. The van der Waals surface area contributed by atoms with E-state index in [1.54, 1.807) is 16.8 Å². The fraction of sp³-hybridized carbons (Fsp3) is 0.846. The van der Waals surface area contributed by atoms with E-state index in [1.165, 1.54) is 0 Å². The van der Waals surface area contributed by atoms with E-state index in [9.17, 15) is 9.59 Å². The molecular weight excluding hydrogens is 244 g/mol. The third-order valence-corrected chi connectivity index (χ3v) is 4.07. The highest BCUT2D eigenvalue weighted by molar-refractivity contribution is 5.92. The molecule has 6 heteroatoms. The first-order valence-electron chi connectivity index (χ1n) is 6.92. The summed E-state index contributed by atoms with van der Waals surface area (Å²) < 4.78 is 0. The summed E-state index contributed by atoms with van der Waals surface area (Å²) in [5, 5.41) is 3.27. The summed E-state index contributed by atoms with van der Waals surface area (Å²) in [6, 6.07) is 0. The lowest BCUT2D eigenvalue weighted by Gasteiger charge is -2.45. The molecule has 6 nitrogen and oxygen atoms in total. The van der Waals surface area contributed by atoms with Gasteiger partial charge in [-0.25, -0.2) is 0 Å². The Bertz CT molecular complexity index is 364. The number of carbonyl (C=O) groups excluding carboxylic acids is 2. The lowest BCUT2D eigenvalue weighted by Crippen LogP contribution is -2.65. The first-order chi connectivity index (χ1) is 8.93. The molecule has 0 radical (unpaired) electrons. The smallest absolute Gasteiger partial charge is 0.247 e. The number of carbonyl (C=O) groups is 2. The van der Waals surface area contributed by atoms with E-state index in [0.29, 0.717) is 19.6 Å². The minimum Gasteiger partial charge on any atom is -0.342 e. The topological polar surface area (TPSA) is 55.9 Å². The molecule has 0 aromatic rings. The molecule has 0 aromatic heterocycles.